The van der Waals surface area contributed by atoms with E-state index in [1.807, 2.05) is 6.92 Å². The number of hydrogen-bond donors (Lipinski definition) is 1. The molecule has 1 saturated heterocycles. The molecule has 1 N–H and O–H groups in total. The van der Waals surface area contributed by atoms with Gasteiger partial charge in [-0.05, 0) is 55.3 Å². The molecule has 3 rings (SSSR count). The number of imide groups is 2. The zero-order valence-electron chi connectivity index (χ0n) is 15.8. The van der Waals surface area contributed by atoms with Gasteiger partial charge in [-0.3, -0.25) is 14.9 Å². The molecule has 0 saturated carbocycles. The molecule has 2 aromatic rings. The number of halogens is 2. The lowest BCUT2D eigenvalue weighted by Crippen LogP contribution is -2.54. The first-order valence-corrected chi connectivity index (χ1v) is 10.1. The highest BCUT2D eigenvalue weighted by molar-refractivity contribution is 9.10. The normalized spacial score (nSPS) is 15.7. The minimum absolute atomic E-state index is 0.177. The number of urea groups is 1. The van der Waals surface area contributed by atoms with Crippen LogP contribution >= 0.6 is 27.5 Å². The van der Waals surface area contributed by atoms with E-state index in [1.54, 1.807) is 37.3 Å². The fourth-order valence-corrected chi connectivity index (χ4v) is 3.38. The maximum Gasteiger partial charge on any atom is 0.335 e. The van der Waals surface area contributed by atoms with Crippen molar-refractivity contribution < 1.29 is 19.1 Å². The van der Waals surface area contributed by atoms with Gasteiger partial charge in [0.1, 0.15) is 11.3 Å². The van der Waals surface area contributed by atoms with Crippen LogP contribution in [0.3, 0.4) is 0 Å². The number of amides is 4. The van der Waals surface area contributed by atoms with Gasteiger partial charge >= 0.3 is 6.03 Å². The summed E-state index contributed by atoms with van der Waals surface area (Å²) in [5.41, 5.74) is 1.35. The van der Waals surface area contributed by atoms with Gasteiger partial charge in [0, 0.05) is 15.1 Å². The summed E-state index contributed by atoms with van der Waals surface area (Å²) in [4.78, 5) is 38.9. The lowest BCUT2D eigenvalue weighted by atomic mass is 10.0. The minimum Gasteiger partial charge on any atom is -0.493 e. The van der Waals surface area contributed by atoms with Crippen LogP contribution in [0.15, 0.2) is 46.4 Å². The maximum atomic E-state index is 13.1. The molecule has 4 amide bonds. The average molecular weight is 478 g/mol. The van der Waals surface area contributed by atoms with Gasteiger partial charge in [0.2, 0.25) is 0 Å². The van der Waals surface area contributed by atoms with Gasteiger partial charge in [-0.1, -0.05) is 40.5 Å². The summed E-state index contributed by atoms with van der Waals surface area (Å²) in [6, 6.07) is 9.35. The third kappa shape index (κ3) is 4.52. The number of benzene rings is 2. The molecule has 0 radical (unpaired) electrons. The molecule has 29 heavy (non-hydrogen) atoms. The van der Waals surface area contributed by atoms with Crippen molar-refractivity contribution >= 4 is 57.1 Å². The van der Waals surface area contributed by atoms with Crippen LogP contribution in [0.4, 0.5) is 10.5 Å². The zero-order chi connectivity index (χ0) is 21.1. The lowest BCUT2D eigenvalue weighted by molar-refractivity contribution is -0.122. The molecule has 0 atom stereocenters. The maximum absolute atomic E-state index is 13.1. The van der Waals surface area contributed by atoms with Gasteiger partial charge < -0.3 is 4.74 Å². The van der Waals surface area contributed by atoms with E-state index in [2.05, 4.69) is 21.2 Å². The molecule has 0 spiro atoms. The Balaban J connectivity index is 2.07. The highest BCUT2D eigenvalue weighted by atomic mass is 79.9. The van der Waals surface area contributed by atoms with Gasteiger partial charge in [0.05, 0.1) is 12.3 Å². The van der Waals surface area contributed by atoms with E-state index in [1.165, 1.54) is 12.1 Å². The van der Waals surface area contributed by atoms with Crippen LogP contribution in [0.25, 0.3) is 6.08 Å². The van der Waals surface area contributed by atoms with Crippen molar-refractivity contribution in [3.63, 3.8) is 0 Å². The summed E-state index contributed by atoms with van der Waals surface area (Å²) in [5.74, 6) is -0.964. The molecule has 0 aromatic heterocycles. The number of ether oxygens (including phenoxy) is 1. The average Bonchev–Trinajstić information content (AvgIpc) is 2.67. The summed E-state index contributed by atoms with van der Waals surface area (Å²) in [6.45, 7) is 4.22. The minimum atomic E-state index is -0.820. The van der Waals surface area contributed by atoms with Gasteiger partial charge in [-0.15, -0.1) is 0 Å². The SMILES string of the molecule is CCCOc1ccc(Br)cc1/C=C1\C(=O)NC(=O)N(c2cc(Cl)ccc2C)C1=O. The van der Waals surface area contributed by atoms with E-state index in [0.717, 1.165) is 15.8 Å². The quantitative estimate of drug-likeness (QED) is 0.493. The van der Waals surface area contributed by atoms with Crippen molar-refractivity contribution in [2.24, 2.45) is 0 Å². The van der Waals surface area contributed by atoms with Gasteiger partial charge in [-0.2, -0.15) is 0 Å². The number of aryl methyl sites for hydroxylation is 1. The second-order valence-corrected chi connectivity index (χ2v) is 7.77. The highest BCUT2D eigenvalue weighted by Crippen LogP contribution is 2.30. The number of carbonyl (C=O) groups is 3. The Morgan fingerprint density at radius 2 is 1.93 bits per heavy atom. The second-order valence-electron chi connectivity index (χ2n) is 6.42. The number of carbonyl (C=O) groups excluding carboxylic acids is 3. The van der Waals surface area contributed by atoms with Crippen LogP contribution in [0, 0.1) is 6.92 Å². The van der Waals surface area contributed by atoms with Crippen LogP contribution in [0.1, 0.15) is 24.5 Å². The molecule has 0 aliphatic carbocycles. The second kappa shape index (κ2) is 8.80. The first kappa shape index (κ1) is 21.1. The molecule has 2 aromatic carbocycles. The summed E-state index contributed by atoms with van der Waals surface area (Å²) < 4.78 is 6.47. The number of nitrogens with zero attached hydrogens (tertiary/aromatic N) is 1. The Morgan fingerprint density at radius 1 is 1.17 bits per heavy atom. The molecule has 1 aliphatic rings. The smallest absolute Gasteiger partial charge is 0.335 e. The van der Waals surface area contributed by atoms with Crippen molar-refractivity contribution in [2.75, 3.05) is 11.5 Å². The van der Waals surface area contributed by atoms with Gasteiger partial charge in [0.25, 0.3) is 11.8 Å². The monoisotopic (exact) mass is 476 g/mol. The molecule has 0 unspecified atom stereocenters. The summed E-state index contributed by atoms with van der Waals surface area (Å²) >= 11 is 9.43. The van der Waals surface area contributed by atoms with E-state index >= 15 is 0 Å². The van der Waals surface area contributed by atoms with Crippen LogP contribution in [-0.4, -0.2) is 24.5 Å². The molecular weight excluding hydrogens is 460 g/mol. The van der Waals surface area contributed by atoms with Crippen LogP contribution < -0.4 is 15.0 Å². The van der Waals surface area contributed by atoms with E-state index in [4.69, 9.17) is 16.3 Å². The standard InChI is InChI=1S/C21H18BrClN2O4/c1-3-8-29-18-7-5-14(22)9-13(18)10-16-19(26)24-21(28)25(20(16)27)17-11-15(23)6-4-12(17)2/h4-7,9-11H,3,8H2,1-2H3,(H,24,26,28)/b16-10+. The van der Waals surface area contributed by atoms with Crippen molar-refractivity contribution in [2.45, 2.75) is 20.3 Å². The third-order valence-corrected chi connectivity index (χ3v) is 4.98. The van der Waals surface area contributed by atoms with E-state index < -0.39 is 17.8 Å². The first-order chi connectivity index (χ1) is 13.8. The fraction of sp³-hybridized carbons (Fsp3) is 0.190. The number of hydrogen-bond acceptors (Lipinski definition) is 4. The van der Waals surface area contributed by atoms with E-state index in [0.29, 0.717) is 34.2 Å². The molecule has 1 heterocycles. The molecule has 1 fully saturated rings. The molecule has 0 bridgehead atoms. The first-order valence-electron chi connectivity index (χ1n) is 8.91. The molecule has 6 nitrogen and oxygen atoms in total. The summed E-state index contributed by atoms with van der Waals surface area (Å²) in [5, 5.41) is 2.59. The molecular formula is C21H18BrClN2O4. The summed E-state index contributed by atoms with van der Waals surface area (Å²) in [6.07, 6.45) is 2.23. The molecule has 1 aliphatic heterocycles. The van der Waals surface area contributed by atoms with E-state index in [9.17, 15) is 14.4 Å². The Labute approximate surface area is 181 Å². The molecule has 150 valence electrons. The number of rotatable bonds is 5. The van der Waals surface area contributed by atoms with Crippen molar-refractivity contribution in [1.29, 1.82) is 0 Å². The van der Waals surface area contributed by atoms with Crippen LogP contribution in [0.5, 0.6) is 5.75 Å². The zero-order valence-corrected chi connectivity index (χ0v) is 18.1. The Bertz CT molecular complexity index is 1040. The van der Waals surface area contributed by atoms with Crippen LogP contribution in [0.2, 0.25) is 5.02 Å². The predicted molar refractivity (Wildman–Crippen MR) is 115 cm³/mol. The van der Waals surface area contributed by atoms with Crippen LogP contribution in [-0.2, 0) is 9.59 Å². The lowest BCUT2D eigenvalue weighted by Gasteiger charge is -2.27. The predicted octanol–water partition coefficient (Wildman–Crippen LogP) is 4.87. The Morgan fingerprint density at radius 3 is 2.66 bits per heavy atom. The topological polar surface area (TPSA) is 75.7 Å². The van der Waals surface area contributed by atoms with Gasteiger partial charge in [-0.25, -0.2) is 9.69 Å². The highest BCUT2D eigenvalue weighted by Gasteiger charge is 2.37. The van der Waals surface area contributed by atoms with Crippen molar-refractivity contribution in [3.8, 4) is 5.75 Å². The number of barbiturate groups is 1. The Hall–Kier alpha value is -2.64. The Kier molecular flexibility index (Phi) is 6.39. The summed E-state index contributed by atoms with van der Waals surface area (Å²) in [7, 11) is 0. The fourth-order valence-electron chi connectivity index (χ4n) is 2.83. The number of nitrogens with one attached hydrogen (secondary N) is 1. The van der Waals surface area contributed by atoms with Gasteiger partial charge in [0.15, 0.2) is 0 Å². The van der Waals surface area contributed by atoms with E-state index in [-0.39, 0.29) is 5.57 Å². The number of anilines is 1. The molecule has 8 heteroatoms. The van der Waals surface area contributed by atoms with Crippen molar-refractivity contribution in [3.05, 3.63) is 62.6 Å². The largest absolute Gasteiger partial charge is 0.493 e. The third-order valence-electron chi connectivity index (χ3n) is 4.25. The van der Waals surface area contributed by atoms with Crippen molar-refractivity contribution in [1.82, 2.24) is 5.32 Å².